The Morgan fingerprint density at radius 2 is 2.14 bits per heavy atom. The molecule has 1 aromatic heterocycles. The third-order valence-corrected chi connectivity index (χ3v) is 4.32. The van der Waals surface area contributed by atoms with Gasteiger partial charge in [-0.3, -0.25) is 0 Å². The molecule has 1 rings (SSSR count). The number of rotatable bonds is 2. The van der Waals surface area contributed by atoms with Crippen molar-refractivity contribution >= 4 is 37.4 Å². The molecule has 4 nitrogen and oxygen atoms in total. The SMILES string of the molecule is CC(c1ncc(Br)c(Cl)n1)S(C)(=O)=O. The fraction of sp³-hybridized carbons (Fsp3) is 0.429. The van der Waals surface area contributed by atoms with E-state index in [2.05, 4.69) is 25.9 Å². The number of nitrogens with zero attached hydrogens (tertiary/aromatic N) is 2. The highest BCUT2D eigenvalue weighted by molar-refractivity contribution is 9.10. The van der Waals surface area contributed by atoms with Crippen LogP contribution in [0.1, 0.15) is 18.0 Å². The van der Waals surface area contributed by atoms with Crippen molar-refractivity contribution in [2.24, 2.45) is 0 Å². The summed E-state index contributed by atoms with van der Waals surface area (Å²) in [6.45, 7) is 1.52. The van der Waals surface area contributed by atoms with Gasteiger partial charge in [-0.25, -0.2) is 18.4 Å². The average Bonchev–Trinajstić information content (AvgIpc) is 2.07. The number of hydrogen-bond acceptors (Lipinski definition) is 4. The summed E-state index contributed by atoms with van der Waals surface area (Å²) < 4.78 is 22.9. The average molecular weight is 300 g/mol. The lowest BCUT2D eigenvalue weighted by molar-refractivity contribution is 0.589. The van der Waals surface area contributed by atoms with Crippen LogP contribution in [0.25, 0.3) is 0 Å². The van der Waals surface area contributed by atoms with Gasteiger partial charge in [-0.15, -0.1) is 0 Å². The van der Waals surface area contributed by atoms with E-state index in [0.29, 0.717) is 4.47 Å². The van der Waals surface area contributed by atoms with Crippen LogP contribution in [0.3, 0.4) is 0 Å². The highest BCUT2D eigenvalue weighted by Crippen LogP contribution is 2.23. The van der Waals surface area contributed by atoms with Gasteiger partial charge in [0.15, 0.2) is 9.84 Å². The Morgan fingerprint density at radius 1 is 1.57 bits per heavy atom. The Morgan fingerprint density at radius 3 is 2.57 bits per heavy atom. The minimum absolute atomic E-state index is 0.209. The van der Waals surface area contributed by atoms with E-state index < -0.39 is 15.1 Å². The largest absolute Gasteiger partial charge is 0.239 e. The van der Waals surface area contributed by atoms with Crippen molar-refractivity contribution in [3.63, 3.8) is 0 Å². The lowest BCUT2D eigenvalue weighted by Gasteiger charge is -2.07. The topological polar surface area (TPSA) is 59.9 Å². The normalized spacial score (nSPS) is 14.0. The van der Waals surface area contributed by atoms with Crippen molar-refractivity contribution in [3.05, 3.63) is 21.6 Å². The first-order chi connectivity index (χ1) is 6.32. The molecular formula is C7H8BrClN2O2S. The second kappa shape index (κ2) is 4.12. The molecule has 7 heteroatoms. The van der Waals surface area contributed by atoms with Crippen LogP contribution in [0.5, 0.6) is 0 Å². The van der Waals surface area contributed by atoms with Gasteiger partial charge in [0.05, 0.1) is 4.47 Å². The first-order valence-corrected chi connectivity index (χ1v) is 6.81. The maximum absolute atomic E-state index is 11.2. The standard InChI is InChI=1S/C7H8BrClN2O2S/c1-4(14(2,12)13)7-10-3-5(8)6(9)11-7/h3-4H,1-2H3. The van der Waals surface area contributed by atoms with Crippen LogP contribution in [0.15, 0.2) is 10.7 Å². The number of halogens is 2. The summed E-state index contributed by atoms with van der Waals surface area (Å²) in [7, 11) is -3.18. The lowest BCUT2D eigenvalue weighted by Crippen LogP contribution is -2.11. The van der Waals surface area contributed by atoms with Crippen molar-refractivity contribution < 1.29 is 8.42 Å². The second-order valence-corrected chi connectivity index (χ2v) is 6.42. The summed E-state index contributed by atoms with van der Waals surface area (Å²) in [5.74, 6) is 0.209. The number of sulfone groups is 1. The van der Waals surface area contributed by atoms with Gasteiger partial charge in [-0.1, -0.05) is 11.6 Å². The monoisotopic (exact) mass is 298 g/mol. The van der Waals surface area contributed by atoms with Crippen molar-refractivity contribution in [2.75, 3.05) is 6.26 Å². The number of hydrogen-bond donors (Lipinski definition) is 0. The molecule has 0 aromatic carbocycles. The van der Waals surface area contributed by atoms with Crippen molar-refractivity contribution in [2.45, 2.75) is 12.2 Å². The minimum Gasteiger partial charge on any atom is -0.239 e. The van der Waals surface area contributed by atoms with Gasteiger partial charge in [0.25, 0.3) is 0 Å². The molecule has 78 valence electrons. The van der Waals surface area contributed by atoms with E-state index >= 15 is 0 Å². The highest BCUT2D eigenvalue weighted by atomic mass is 79.9. The fourth-order valence-electron chi connectivity index (χ4n) is 0.746. The zero-order valence-corrected chi connectivity index (χ0v) is 10.7. The quantitative estimate of drug-likeness (QED) is 0.784. The second-order valence-electron chi connectivity index (χ2n) is 2.84. The first-order valence-electron chi connectivity index (χ1n) is 3.69. The molecule has 0 saturated carbocycles. The third-order valence-electron chi connectivity index (χ3n) is 1.73. The molecule has 0 radical (unpaired) electrons. The Labute approximate surface area is 95.8 Å². The van der Waals surface area contributed by atoms with Gasteiger partial charge in [0.2, 0.25) is 0 Å². The Kier molecular flexibility index (Phi) is 3.49. The van der Waals surface area contributed by atoms with Crippen molar-refractivity contribution in [3.8, 4) is 0 Å². The summed E-state index contributed by atoms with van der Waals surface area (Å²) in [5.41, 5.74) is 0. The van der Waals surface area contributed by atoms with Crippen LogP contribution in [0.4, 0.5) is 0 Å². The van der Waals surface area contributed by atoms with E-state index in [9.17, 15) is 8.42 Å². The van der Waals surface area contributed by atoms with Gasteiger partial charge in [-0.2, -0.15) is 0 Å². The van der Waals surface area contributed by atoms with Gasteiger partial charge in [0.1, 0.15) is 16.2 Å². The van der Waals surface area contributed by atoms with E-state index in [-0.39, 0.29) is 11.0 Å². The summed E-state index contributed by atoms with van der Waals surface area (Å²) in [4.78, 5) is 7.75. The molecule has 1 aromatic rings. The third kappa shape index (κ3) is 2.65. The summed E-state index contributed by atoms with van der Waals surface area (Å²) >= 11 is 8.84. The molecule has 0 amide bonds. The maximum atomic E-state index is 11.2. The van der Waals surface area contributed by atoms with E-state index in [4.69, 9.17) is 11.6 Å². The molecule has 1 unspecified atom stereocenters. The van der Waals surface area contributed by atoms with E-state index in [1.54, 1.807) is 0 Å². The van der Waals surface area contributed by atoms with E-state index in [1.165, 1.54) is 13.1 Å². The van der Waals surface area contributed by atoms with Gasteiger partial charge < -0.3 is 0 Å². The summed E-state index contributed by atoms with van der Waals surface area (Å²) in [6.07, 6.45) is 2.57. The van der Waals surface area contributed by atoms with Crippen LogP contribution in [0, 0.1) is 0 Å². The fourth-order valence-corrected chi connectivity index (χ4v) is 1.57. The zero-order chi connectivity index (χ0) is 10.9. The molecule has 0 aliphatic rings. The van der Waals surface area contributed by atoms with Crippen LogP contribution < -0.4 is 0 Å². The molecule has 0 spiro atoms. The van der Waals surface area contributed by atoms with E-state index in [0.717, 1.165) is 6.26 Å². The zero-order valence-electron chi connectivity index (χ0n) is 7.53. The summed E-state index contributed by atoms with van der Waals surface area (Å²) in [6, 6.07) is 0. The summed E-state index contributed by atoms with van der Waals surface area (Å²) in [5, 5.41) is -0.529. The van der Waals surface area contributed by atoms with E-state index in [1.807, 2.05) is 0 Å². The molecule has 14 heavy (non-hydrogen) atoms. The highest BCUT2D eigenvalue weighted by Gasteiger charge is 2.20. The van der Waals surface area contributed by atoms with Gasteiger partial charge >= 0.3 is 0 Å². The van der Waals surface area contributed by atoms with Crippen LogP contribution >= 0.6 is 27.5 Å². The molecule has 0 bridgehead atoms. The first kappa shape index (κ1) is 11.9. The van der Waals surface area contributed by atoms with Crippen molar-refractivity contribution in [1.29, 1.82) is 0 Å². The molecule has 0 aliphatic carbocycles. The van der Waals surface area contributed by atoms with Crippen LogP contribution in [-0.2, 0) is 9.84 Å². The maximum Gasteiger partial charge on any atom is 0.157 e. The molecule has 0 fully saturated rings. The molecule has 0 saturated heterocycles. The Bertz CT molecular complexity index is 449. The minimum atomic E-state index is -3.18. The van der Waals surface area contributed by atoms with Gasteiger partial charge in [0, 0.05) is 12.5 Å². The molecule has 0 N–H and O–H groups in total. The van der Waals surface area contributed by atoms with Crippen LogP contribution in [-0.4, -0.2) is 24.6 Å². The Hall–Kier alpha value is -0.200. The molecule has 0 aliphatic heterocycles. The molecular weight excluding hydrogens is 292 g/mol. The Balaban J connectivity index is 3.16. The molecule has 1 atom stereocenters. The van der Waals surface area contributed by atoms with Crippen molar-refractivity contribution in [1.82, 2.24) is 9.97 Å². The van der Waals surface area contributed by atoms with Gasteiger partial charge in [-0.05, 0) is 22.9 Å². The predicted molar refractivity (Wildman–Crippen MR) is 58.0 cm³/mol. The lowest BCUT2D eigenvalue weighted by atomic mass is 10.4. The predicted octanol–water partition coefficient (Wildman–Crippen LogP) is 2.00. The molecule has 1 heterocycles. The van der Waals surface area contributed by atoms with Crippen LogP contribution in [0.2, 0.25) is 5.15 Å². The number of aromatic nitrogens is 2. The smallest absolute Gasteiger partial charge is 0.157 e.